The minimum absolute atomic E-state index is 0.245. The predicted octanol–water partition coefficient (Wildman–Crippen LogP) is 4.62. The van der Waals surface area contributed by atoms with Gasteiger partial charge in [0.1, 0.15) is 5.78 Å². The first kappa shape index (κ1) is 14.1. The first-order valence-corrected chi connectivity index (χ1v) is 7.85. The van der Waals surface area contributed by atoms with E-state index in [1.807, 2.05) is 12.1 Å². The lowest BCUT2D eigenvalue weighted by Gasteiger charge is -2.28. The van der Waals surface area contributed by atoms with Crippen LogP contribution in [0.4, 0.5) is 0 Å². The standard InChI is InChI=1S/C20H22O/c1-16-8-7-9-17(14-16)15-19(21)20(12-5-6-13-20)18-10-3-2-4-11-18/h2-4,7-11,14H,5-6,12-13,15H2,1H3. The summed E-state index contributed by atoms with van der Waals surface area (Å²) in [5.41, 5.74) is 3.33. The van der Waals surface area contributed by atoms with E-state index in [0.29, 0.717) is 12.2 Å². The monoisotopic (exact) mass is 278 g/mol. The van der Waals surface area contributed by atoms with Crippen LogP contribution in [-0.4, -0.2) is 5.78 Å². The zero-order valence-corrected chi connectivity index (χ0v) is 12.6. The van der Waals surface area contributed by atoms with Gasteiger partial charge >= 0.3 is 0 Å². The number of aryl methyl sites for hydroxylation is 1. The summed E-state index contributed by atoms with van der Waals surface area (Å²) >= 11 is 0. The number of carbonyl (C=O) groups is 1. The molecule has 0 bridgehead atoms. The molecule has 3 rings (SSSR count). The highest BCUT2D eigenvalue weighted by Crippen LogP contribution is 2.42. The van der Waals surface area contributed by atoms with Crippen LogP contribution in [0.25, 0.3) is 0 Å². The predicted molar refractivity (Wildman–Crippen MR) is 86.5 cm³/mol. The van der Waals surface area contributed by atoms with Gasteiger partial charge in [0.15, 0.2) is 0 Å². The van der Waals surface area contributed by atoms with E-state index in [1.54, 1.807) is 0 Å². The lowest BCUT2D eigenvalue weighted by atomic mass is 9.73. The van der Waals surface area contributed by atoms with Crippen molar-refractivity contribution in [3.05, 3.63) is 71.3 Å². The number of rotatable bonds is 4. The first-order chi connectivity index (χ1) is 10.2. The zero-order valence-electron chi connectivity index (χ0n) is 12.6. The Morgan fingerprint density at radius 2 is 1.71 bits per heavy atom. The number of ketones is 1. The van der Waals surface area contributed by atoms with Crippen LogP contribution in [0.1, 0.15) is 42.4 Å². The smallest absolute Gasteiger partial charge is 0.147 e. The maximum atomic E-state index is 13.0. The van der Waals surface area contributed by atoms with Gasteiger partial charge in [-0.1, -0.05) is 73.0 Å². The van der Waals surface area contributed by atoms with E-state index in [-0.39, 0.29) is 5.41 Å². The van der Waals surface area contributed by atoms with Crippen molar-refractivity contribution in [2.45, 2.75) is 44.4 Å². The van der Waals surface area contributed by atoms with Crippen LogP contribution >= 0.6 is 0 Å². The van der Waals surface area contributed by atoms with E-state index < -0.39 is 0 Å². The quantitative estimate of drug-likeness (QED) is 0.797. The maximum absolute atomic E-state index is 13.0. The van der Waals surface area contributed by atoms with E-state index in [9.17, 15) is 4.79 Å². The summed E-state index contributed by atoms with van der Waals surface area (Å²) in [6.07, 6.45) is 4.88. The van der Waals surface area contributed by atoms with Gasteiger partial charge in [-0.2, -0.15) is 0 Å². The van der Waals surface area contributed by atoms with Crippen molar-refractivity contribution in [1.29, 1.82) is 0 Å². The fraction of sp³-hybridized carbons (Fsp3) is 0.350. The van der Waals surface area contributed by atoms with Crippen molar-refractivity contribution >= 4 is 5.78 Å². The van der Waals surface area contributed by atoms with Gasteiger partial charge < -0.3 is 0 Å². The van der Waals surface area contributed by atoms with Crippen LogP contribution < -0.4 is 0 Å². The van der Waals surface area contributed by atoms with Gasteiger partial charge in [0.25, 0.3) is 0 Å². The Kier molecular flexibility index (Phi) is 3.92. The molecule has 0 aliphatic heterocycles. The molecule has 108 valence electrons. The molecule has 0 amide bonds. The van der Waals surface area contributed by atoms with E-state index in [1.165, 1.54) is 11.1 Å². The molecule has 1 aliphatic carbocycles. The Balaban J connectivity index is 1.89. The minimum Gasteiger partial charge on any atom is -0.298 e. The molecule has 1 fully saturated rings. The third-order valence-corrected chi connectivity index (χ3v) is 4.76. The Morgan fingerprint density at radius 1 is 1.00 bits per heavy atom. The second-order valence-corrected chi connectivity index (χ2v) is 6.24. The molecule has 2 aromatic carbocycles. The third kappa shape index (κ3) is 2.78. The van der Waals surface area contributed by atoms with Gasteiger partial charge in [0, 0.05) is 6.42 Å². The Hall–Kier alpha value is -1.89. The lowest BCUT2D eigenvalue weighted by molar-refractivity contribution is -0.123. The molecule has 1 nitrogen and oxygen atoms in total. The molecule has 0 spiro atoms. The first-order valence-electron chi connectivity index (χ1n) is 7.85. The van der Waals surface area contributed by atoms with Crippen molar-refractivity contribution in [3.8, 4) is 0 Å². The molecule has 1 saturated carbocycles. The molecule has 0 atom stereocenters. The van der Waals surface area contributed by atoms with Gasteiger partial charge in [0.2, 0.25) is 0 Å². The normalized spacial score (nSPS) is 16.8. The number of hydrogen-bond donors (Lipinski definition) is 0. The summed E-state index contributed by atoms with van der Waals surface area (Å²) in [4.78, 5) is 13.0. The average Bonchev–Trinajstić information content (AvgIpc) is 2.99. The fourth-order valence-corrected chi connectivity index (χ4v) is 3.64. The summed E-state index contributed by atoms with van der Waals surface area (Å²) in [7, 11) is 0. The van der Waals surface area contributed by atoms with E-state index >= 15 is 0 Å². The highest BCUT2D eigenvalue weighted by atomic mass is 16.1. The van der Waals surface area contributed by atoms with Crippen molar-refractivity contribution in [2.75, 3.05) is 0 Å². The van der Waals surface area contributed by atoms with Crippen molar-refractivity contribution in [3.63, 3.8) is 0 Å². The van der Waals surface area contributed by atoms with Crippen molar-refractivity contribution in [1.82, 2.24) is 0 Å². The zero-order chi connectivity index (χ0) is 14.7. The number of hydrogen-bond acceptors (Lipinski definition) is 1. The third-order valence-electron chi connectivity index (χ3n) is 4.76. The molecule has 1 heteroatoms. The largest absolute Gasteiger partial charge is 0.298 e. The van der Waals surface area contributed by atoms with Crippen molar-refractivity contribution < 1.29 is 4.79 Å². The van der Waals surface area contributed by atoms with Crippen LogP contribution in [0.15, 0.2) is 54.6 Å². The second-order valence-electron chi connectivity index (χ2n) is 6.24. The molecule has 0 heterocycles. The van der Waals surface area contributed by atoms with Crippen LogP contribution in [0.2, 0.25) is 0 Å². The van der Waals surface area contributed by atoms with Crippen LogP contribution in [0.5, 0.6) is 0 Å². The van der Waals surface area contributed by atoms with E-state index in [2.05, 4.69) is 49.4 Å². The van der Waals surface area contributed by atoms with Crippen LogP contribution in [0, 0.1) is 6.92 Å². The van der Waals surface area contributed by atoms with E-state index in [4.69, 9.17) is 0 Å². The summed E-state index contributed by atoms with van der Waals surface area (Å²) in [5, 5.41) is 0. The summed E-state index contributed by atoms with van der Waals surface area (Å²) in [6, 6.07) is 18.7. The SMILES string of the molecule is Cc1cccc(CC(=O)C2(c3ccccc3)CCCC2)c1. The number of benzene rings is 2. The van der Waals surface area contributed by atoms with Gasteiger partial charge in [-0.25, -0.2) is 0 Å². The summed E-state index contributed by atoms with van der Waals surface area (Å²) in [5.74, 6) is 0.386. The molecule has 0 radical (unpaired) electrons. The van der Waals surface area contributed by atoms with E-state index in [0.717, 1.165) is 31.2 Å². The van der Waals surface area contributed by atoms with Gasteiger partial charge in [-0.05, 0) is 30.9 Å². The Morgan fingerprint density at radius 3 is 2.38 bits per heavy atom. The fourth-order valence-electron chi connectivity index (χ4n) is 3.64. The Labute approximate surface area is 127 Å². The molecule has 0 saturated heterocycles. The van der Waals surface area contributed by atoms with Gasteiger partial charge in [0.05, 0.1) is 5.41 Å². The van der Waals surface area contributed by atoms with Crippen LogP contribution in [0.3, 0.4) is 0 Å². The Bertz CT molecular complexity index is 621. The topological polar surface area (TPSA) is 17.1 Å². The molecule has 2 aromatic rings. The van der Waals surface area contributed by atoms with Crippen molar-refractivity contribution in [2.24, 2.45) is 0 Å². The van der Waals surface area contributed by atoms with Gasteiger partial charge in [-0.15, -0.1) is 0 Å². The molecule has 21 heavy (non-hydrogen) atoms. The minimum atomic E-state index is -0.245. The highest BCUT2D eigenvalue weighted by Gasteiger charge is 2.41. The van der Waals surface area contributed by atoms with Crippen LogP contribution in [-0.2, 0) is 16.6 Å². The number of Topliss-reactive ketones (excluding diaryl/α,β-unsaturated/α-hetero) is 1. The molecular formula is C20H22O. The molecular weight excluding hydrogens is 256 g/mol. The molecule has 0 unspecified atom stereocenters. The molecule has 0 aromatic heterocycles. The second kappa shape index (κ2) is 5.85. The maximum Gasteiger partial charge on any atom is 0.147 e. The van der Waals surface area contributed by atoms with Gasteiger partial charge in [-0.3, -0.25) is 4.79 Å². The highest BCUT2D eigenvalue weighted by molar-refractivity contribution is 5.92. The molecule has 0 N–H and O–H groups in total. The number of carbonyl (C=O) groups excluding carboxylic acids is 1. The molecule has 1 aliphatic rings. The average molecular weight is 278 g/mol. The summed E-state index contributed by atoms with van der Waals surface area (Å²) in [6.45, 7) is 2.08. The summed E-state index contributed by atoms with van der Waals surface area (Å²) < 4.78 is 0. The lowest BCUT2D eigenvalue weighted by Crippen LogP contribution is -2.34.